The van der Waals surface area contributed by atoms with Crippen molar-refractivity contribution < 1.29 is 24.3 Å². The lowest BCUT2D eigenvalue weighted by Gasteiger charge is -2.27. The molecule has 2 N–H and O–H groups in total. The fraction of sp³-hybridized carbons (Fsp3) is 0.412. The van der Waals surface area contributed by atoms with Crippen LogP contribution in [0.3, 0.4) is 0 Å². The minimum absolute atomic E-state index is 0.0502. The predicted molar refractivity (Wildman–Crippen MR) is 95.1 cm³/mol. The van der Waals surface area contributed by atoms with Gasteiger partial charge in [-0.2, -0.15) is 5.10 Å². The molecule has 2 heterocycles. The Balaban J connectivity index is 2.25. The third-order valence-electron chi connectivity index (χ3n) is 4.56. The Morgan fingerprint density at radius 2 is 1.89 bits per heavy atom. The van der Waals surface area contributed by atoms with Crippen molar-refractivity contribution in [1.29, 1.82) is 0 Å². The molecule has 0 bridgehead atoms. The zero-order valence-corrected chi connectivity index (χ0v) is 15.3. The highest BCUT2D eigenvalue weighted by atomic mass is 16.6. The Labute approximate surface area is 154 Å². The topological polar surface area (TPSA) is 129 Å². The zero-order chi connectivity index (χ0) is 19.9. The molecule has 1 amide bonds. The summed E-state index contributed by atoms with van der Waals surface area (Å²) >= 11 is 0. The molecule has 1 aromatic carbocycles. The number of hydrogen-bond donors (Lipinski definition) is 2. The number of nitro groups is 1. The van der Waals surface area contributed by atoms with Crippen molar-refractivity contribution in [2.24, 2.45) is 0 Å². The van der Waals surface area contributed by atoms with Crippen molar-refractivity contribution in [3.05, 3.63) is 39.6 Å². The quantitative estimate of drug-likeness (QED) is 0.602. The number of carbonyl (C=O) groups is 1. The van der Waals surface area contributed by atoms with Gasteiger partial charge < -0.3 is 19.9 Å². The van der Waals surface area contributed by atoms with Gasteiger partial charge in [0.15, 0.2) is 11.5 Å². The summed E-state index contributed by atoms with van der Waals surface area (Å²) in [5.41, 5.74) is 0.919. The molecule has 0 fully saturated rings. The third kappa shape index (κ3) is 2.92. The molecule has 0 radical (unpaired) electrons. The average molecular weight is 376 g/mol. The van der Waals surface area contributed by atoms with Crippen molar-refractivity contribution in [1.82, 2.24) is 9.78 Å². The van der Waals surface area contributed by atoms with Crippen molar-refractivity contribution in [2.45, 2.75) is 31.8 Å². The number of hydrogen-bond acceptors (Lipinski definition) is 7. The van der Waals surface area contributed by atoms with Gasteiger partial charge in [0.05, 0.1) is 26.3 Å². The Morgan fingerprint density at radius 1 is 1.30 bits per heavy atom. The number of methoxy groups -OCH3 is 2. The van der Waals surface area contributed by atoms with Crippen LogP contribution in [0, 0.1) is 10.1 Å². The van der Waals surface area contributed by atoms with Crippen LogP contribution in [0.1, 0.15) is 36.9 Å². The Morgan fingerprint density at radius 3 is 2.37 bits per heavy atom. The summed E-state index contributed by atoms with van der Waals surface area (Å²) in [4.78, 5) is 23.6. The van der Waals surface area contributed by atoms with Gasteiger partial charge in [-0.15, -0.1) is 0 Å². The van der Waals surface area contributed by atoms with Crippen molar-refractivity contribution in [3.63, 3.8) is 0 Å². The largest absolute Gasteiger partial charge is 0.502 e. The van der Waals surface area contributed by atoms with Gasteiger partial charge in [0.25, 0.3) is 0 Å². The molecular weight excluding hydrogens is 356 g/mol. The van der Waals surface area contributed by atoms with E-state index in [1.54, 1.807) is 4.68 Å². The monoisotopic (exact) mass is 376 g/mol. The highest BCUT2D eigenvalue weighted by molar-refractivity contribution is 5.98. The number of benzene rings is 1. The number of phenols is 1. The number of nitrogens with zero attached hydrogens (tertiary/aromatic N) is 3. The van der Waals surface area contributed by atoms with E-state index in [2.05, 4.69) is 10.4 Å². The second-order valence-electron chi connectivity index (χ2n) is 6.46. The molecule has 27 heavy (non-hydrogen) atoms. The number of ether oxygens (including phenoxy) is 2. The van der Waals surface area contributed by atoms with Crippen molar-refractivity contribution in [2.75, 3.05) is 19.5 Å². The molecule has 10 heteroatoms. The van der Waals surface area contributed by atoms with E-state index >= 15 is 0 Å². The molecule has 10 nitrogen and oxygen atoms in total. The van der Waals surface area contributed by atoms with Crippen molar-refractivity contribution in [3.8, 4) is 17.2 Å². The number of amides is 1. The Hall–Kier alpha value is -3.30. The van der Waals surface area contributed by atoms with Gasteiger partial charge in [-0.05, 0) is 31.5 Å². The molecule has 2 atom stereocenters. The van der Waals surface area contributed by atoms with Gasteiger partial charge in [-0.25, -0.2) is 4.68 Å². The summed E-state index contributed by atoms with van der Waals surface area (Å²) in [6, 6.07) is 1.33. The minimum atomic E-state index is -1.55. The second kappa shape index (κ2) is 6.78. The summed E-state index contributed by atoms with van der Waals surface area (Å²) in [5, 5.41) is 28.7. The van der Waals surface area contributed by atoms with Crippen LogP contribution in [0.2, 0.25) is 0 Å². The Kier molecular flexibility index (Phi) is 4.64. The minimum Gasteiger partial charge on any atom is -0.502 e. The van der Waals surface area contributed by atoms with Crippen LogP contribution in [0.5, 0.6) is 17.2 Å². The maximum Gasteiger partial charge on any atom is 0.301 e. The first kappa shape index (κ1) is 18.5. The molecular formula is C17H20N4O6. The first-order chi connectivity index (χ1) is 12.8. The van der Waals surface area contributed by atoms with E-state index in [0.29, 0.717) is 16.9 Å². The first-order valence-electron chi connectivity index (χ1n) is 8.26. The van der Waals surface area contributed by atoms with Crippen LogP contribution < -0.4 is 14.8 Å². The van der Waals surface area contributed by atoms with Crippen LogP contribution in [-0.2, 0) is 4.79 Å². The van der Waals surface area contributed by atoms with E-state index in [9.17, 15) is 20.0 Å². The fourth-order valence-electron chi connectivity index (χ4n) is 3.31. The number of rotatable bonds is 5. The zero-order valence-electron chi connectivity index (χ0n) is 15.3. The van der Waals surface area contributed by atoms with Crippen LogP contribution >= 0.6 is 0 Å². The van der Waals surface area contributed by atoms with Gasteiger partial charge in [0.2, 0.25) is 5.75 Å². The van der Waals surface area contributed by atoms with Crippen LogP contribution in [0.15, 0.2) is 18.3 Å². The lowest BCUT2D eigenvalue weighted by molar-refractivity contribution is -0.509. The first-order valence-corrected chi connectivity index (χ1v) is 8.26. The summed E-state index contributed by atoms with van der Waals surface area (Å²) in [5.74, 6) is -1.26. The standard InChI is InChI=1S/C17H20N4O6/c1-8(2)20-16-10(7-18-20)13(14(21(24)25)17(23)19-16)9-5-11(26-3)15(22)12(6-9)27-4/h5-8,13-14,22H,1-4H3,(H,19,23)/t13-,14-/m0/s1. The number of phenolic OH excluding ortho intramolecular Hbond substituents is 1. The molecule has 1 aliphatic heterocycles. The van der Waals surface area contributed by atoms with E-state index in [1.807, 2.05) is 13.8 Å². The third-order valence-corrected chi connectivity index (χ3v) is 4.56. The molecule has 1 aromatic heterocycles. The number of nitrogens with one attached hydrogen (secondary N) is 1. The highest BCUT2D eigenvalue weighted by Crippen LogP contribution is 2.45. The molecule has 0 saturated carbocycles. The fourth-order valence-corrected chi connectivity index (χ4v) is 3.31. The molecule has 0 unspecified atom stereocenters. The normalized spacial score (nSPS) is 18.8. The number of aromatic nitrogens is 2. The highest BCUT2D eigenvalue weighted by Gasteiger charge is 2.47. The van der Waals surface area contributed by atoms with Gasteiger partial charge in [-0.1, -0.05) is 0 Å². The van der Waals surface area contributed by atoms with E-state index in [4.69, 9.17) is 9.47 Å². The molecule has 1 aliphatic rings. The summed E-state index contributed by atoms with van der Waals surface area (Å²) in [6.07, 6.45) is 1.52. The number of carbonyl (C=O) groups excluding carboxylic acids is 1. The molecule has 144 valence electrons. The molecule has 0 spiro atoms. The Bertz CT molecular complexity index is 882. The molecule has 3 rings (SSSR count). The van der Waals surface area contributed by atoms with Gasteiger partial charge in [0, 0.05) is 16.5 Å². The van der Waals surface area contributed by atoms with Crippen LogP contribution in [0.25, 0.3) is 0 Å². The van der Waals surface area contributed by atoms with E-state index in [1.165, 1.54) is 32.5 Å². The average Bonchev–Trinajstić information content (AvgIpc) is 3.04. The van der Waals surface area contributed by atoms with Crippen LogP contribution in [0.4, 0.5) is 5.82 Å². The number of fused-ring (bicyclic) bond motifs is 1. The second-order valence-corrected chi connectivity index (χ2v) is 6.46. The summed E-state index contributed by atoms with van der Waals surface area (Å²) < 4.78 is 11.9. The summed E-state index contributed by atoms with van der Waals surface area (Å²) in [7, 11) is 2.72. The smallest absolute Gasteiger partial charge is 0.301 e. The molecule has 0 saturated heterocycles. The molecule has 0 aliphatic carbocycles. The maximum absolute atomic E-state index is 12.5. The van der Waals surface area contributed by atoms with Gasteiger partial charge in [-0.3, -0.25) is 14.9 Å². The molecule has 2 aromatic rings. The van der Waals surface area contributed by atoms with E-state index in [-0.39, 0.29) is 23.3 Å². The maximum atomic E-state index is 12.5. The number of anilines is 1. The SMILES string of the molecule is COc1cc([C@H]2c3cnn(C(C)C)c3NC(=O)[C@H]2[N+](=O)[O-])cc(OC)c1O. The van der Waals surface area contributed by atoms with Gasteiger partial charge >= 0.3 is 11.9 Å². The van der Waals surface area contributed by atoms with E-state index < -0.39 is 22.8 Å². The lowest BCUT2D eigenvalue weighted by Crippen LogP contribution is -2.44. The van der Waals surface area contributed by atoms with E-state index in [0.717, 1.165) is 0 Å². The number of aromatic hydroxyl groups is 1. The van der Waals surface area contributed by atoms with Crippen LogP contribution in [-0.4, -0.2) is 46.0 Å². The van der Waals surface area contributed by atoms with Gasteiger partial charge in [0.1, 0.15) is 5.82 Å². The summed E-state index contributed by atoms with van der Waals surface area (Å²) in [6.45, 7) is 3.78. The van der Waals surface area contributed by atoms with Crippen molar-refractivity contribution >= 4 is 11.7 Å². The lowest BCUT2D eigenvalue weighted by atomic mass is 9.83. The predicted octanol–water partition coefficient (Wildman–Crippen LogP) is 1.92.